The van der Waals surface area contributed by atoms with Crippen LogP contribution in [0.25, 0.3) is 0 Å². The molecule has 1 atom stereocenters. The summed E-state index contributed by atoms with van der Waals surface area (Å²) in [6.45, 7) is 3.56. The fraction of sp³-hybridized carbons (Fsp3) is 0.250. The van der Waals surface area contributed by atoms with Gasteiger partial charge in [0.2, 0.25) is 0 Å². The number of halogens is 1. The lowest BCUT2D eigenvalue weighted by molar-refractivity contribution is -0.380. The second kappa shape index (κ2) is 5.74. The fourth-order valence-corrected chi connectivity index (χ4v) is 1.77. The number of rotatable bonds is 4. The maximum absolute atomic E-state index is 10.3. The number of hydrogen-bond donors (Lipinski definition) is 1. The molecule has 6 heteroatoms. The largest absolute Gasteiger partial charge is 0.324 e. The Morgan fingerprint density at radius 1 is 1.71 bits per heavy atom. The average molecular weight is 235 g/mol. The molecule has 1 aromatic rings. The highest BCUT2D eigenvalue weighted by Gasteiger charge is 2.13. The Balaban J connectivity index is 0.00000169. The molecule has 0 radical (unpaired) electrons. The molecule has 1 heterocycles. The minimum absolute atomic E-state index is 0. The van der Waals surface area contributed by atoms with E-state index in [1.54, 1.807) is 12.1 Å². The van der Waals surface area contributed by atoms with Gasteiger partial charge in [0.05, 0.1) is 4.92 Å². The Labute approximate surface area is 92.0 Å². The molecule has 14 heavy (non-hydrogen) atoms. The van der Waals surface area contributed by atoms with Gasteiger partial charge in [-0.25, -0.2) is 0 Å². The number of thiophene rings is 1. The van der Waals surface area contributed by atoms with Gasteiger partial charge in [-0.2, -0.15) is 0 Å². The smallest absolute Gasteiger partial charge is 0.323 e. The summed E-state index contributed by atoms with van der Waals surface area (Å²) in [5.74, 6) is 0. The van der Waals surface area contributed by atoms with Gasteiger partial charge in [-0.15, -0.1) is 19.0 Å². The molecule has 0 fully saturated rings. The predicted octanol–water partition coefficient (Wildman–Crippen LogP) is 2.65. The molecule has 0 saturated carbocycles. The summed E-state index contributed by atoms with van der Waals surface area (Å²) in [6, 6.07) is 3.00. The number of hydrogen-bond acceptors (Lipinski definition) is 4. The van der Waals surface area contributed by atoms with Crippen molar-refractivity contribution < 1.29 is 4.92 Å². The molecular weight excluding hydrogens is 224 g/mol. The quantitative estimate of drug-likeness (QED) is 0.495. The molecule has 2 N–H and O–H groups in total. The van der Waals surface area contributed by atoms with E-state index in [0.717, 1.165) is 16.2 Å². The topological polar surface area (TPSA) is 69.2 Å². The van der Waals surface area contributed by atoms with Crippen LogP contribution in [0.1, 0.15) is 17.3 Å². The summed E-state index contributed by atoms with van der Waals surface area (Å²) in [5, 5.41) is 10.5. The Hall–Kier alpha value is -0.910. The molecule has 0 bridgehead atoms. The van der Waals surface area contributed by atoms with E-state index in [0.29, 0.717) is 6.42 Å². The first-order chi connectivity index (χ1) is 6.15. The van der Waals surface area contributed by atoms with Gasteiger partial charge in [-0.05, 0) is 12.5 Å². The summed E-state index contributed by atoms with van der Waals surface area (Å²) < 4.78 is 0. The Morgan fingerprint density at radius 2 is 2.36 bits per heavy atom. The van der Waals surface area contributed by atoms with Crippen molar-refractivity contribution in [3.63, 3.8) is 0 Å². The van der Waals surface area contributed by atoms with Crippen LogP contribution in [0.5, 0.6) is 0 Å². The molecular formula is C8H11ClN2O2S. The second-order valence-corrected chi connectivity index (χ2v) is 3.66. The van der Waals surface area contributed by atoms with Crippen molar-refractivity contribution in [3.8, 4) is 0 Å². The molecule has 0 spiro atoms. The summed E-state index contributed by atoms with van der Waals surface area (Å²) >= 11 is 1.12. The van der Waals surface area contributed by atoms with Crippen LogP contribution in [0.15, 0.2) is 24.8 Å². The molecule has 4 nitrogen and oxygen atoms in total. The van der Waals surface area contributed by atoms with Crippen molar-refractivity contribution in [2.75, 3.05) is 0 Å². The molecule has 0 aliphatic rings. The van der Waals surface area contributed by atoms with Crippen LogP contribution >= 0.6 is 23.7 Å². The number of nitrogens with two attached hydrogens (primary N) is 1. The summed E-state index contributed by atoms with van der Waals surface area (Å²) in [5.41, 5.74) is 5.74. The monoisotopic (exact) mass is 234 g/mol. The fourth-order valence-electron chi connectivity index (χ4n) is 0.935. The normalized spacial score (nSPS) is 11.5. The zero-order valence-corrected chi connectivity index (χ0v) is 9.01. The third-order valence-electron chi connectivity index (χ3n) is 1.58. The highest BCUT2D eigenvalue weighted by Crippen LogP contribution is 2.28. The van der Waals surface area contributed by atoms with Crippen molar-refractivity contribution in [1.82, 2.24) is 0 Å². The lowest BCUT2D eigenvalue weighted by atomic mass is 10.2. The van der Waals surface area contributed by atoms with Gasteiger partial charge in [0, 0.05) is 17.0 Å². The first-order valence-corrected chi connectivity index (χ1v) is 4.57. The molecule has 1 aromatic heterocycles. The van der Waals surface area contributed by atoms with E-state index in [1.165, 1.54) is 6.07 Å². The first kappa shape index (κ1) is 13.1. The molecule has 78 valence electrons. The van der Waals surface area contributed by atoms with Gasteiger partial charge in [0.15, 0.2) is 0 Å². The minimum Gasteiger partial charge on any atom is -0.323 e. The average Bonchev–Trinajstić information content (AvgIpc) is 2.52. The Morgan fingerprint density at radius 3 is 2.79 bits per heavy atom. The van der Waals surface area contributed by atoms with Crippen molar-refractivity contribution in [1.29, 1.82) is 0 Å². The van der Waals surface area contributed by atoms with E-state index in [2.05, 4.69) is 6.58 Å². The number of nitro groups is 1. The molecule has 0 saturated heterocycles. The SMILES string of the molecule is C=CC[C@@H](N)c1ccc([N+](=O)[O-])s1.Cl. The summed E-state index contributed by atoms with van der Waals surface area (Å²) in [4.78, 5) is 10.8. The zero-order chi connectivity index (χ0) is 9.84. The van der Waals surface area contributed by atoms with Crippen LogP contribution in [0.3, 0.4) is 0 Å². The molecule has 0 aromatic carbocycles. The van der Waals surface area contributed by atoms with E-state index in [9.17, 15) is 10.1 Å². The van der Waals surface area contributed by atoms with Crippen LogP contribution in [0.2, 0.25) is 0 Å². The van der Waals surface area contributed by atoms with Gasteiger partial charge in [-0.1, -0.05) is 17.4 Å². The maximum atomic E-state index is 10.3. The molecule has 0 amide bonds. The first-order valence-electron chi connectivity index (χ1n) is 3.75. The van der Waals surface area contributed by atoms with Crippen molar-refractivity contribution in [2.24, 2.45) is 5.73 Å². The summed E-state index contributed by atoms with van der Waals surface area (Å²) in [7, 11) is 0. The Bertz CT molecular complexity index is 327. The lowest BCUT2D eigenvalue weighted by Gasteiger charge is -2.03. The third-order valence-corrected chi connectivity index (χ3v) is 2.75. The van der Waals surface area contributed by atoms with E-state index in [4.69, 9.17) is 5.73 Å². The van der Waals surface area contributed by atoms with Crippen molar-refractivity contribution in [2.45, 2.75) is 12.5 Å². The predicted molar refractivity (Wildman–Crippen MR) is 60.0 cm³/mol. The Kier molecular flexibility index (Phi) is 5.37. The van der Waals surface area contributed by atoms with Gasteiger partial charge >= 0.3 is 5.00 Å². The van der Waals surface area contributed by atoms with Crippen LogP contribution in [-0.2, 0) is 0 Å². The molecule has 0 aliphatic carbocycles. The van der Waals surface area contributed by atoms with Gasteiger partial charge in [-0.3, -0.25) is 10.1 Å². The van der Waals surface area contributed by atoms with E-state index in [1.807, 2.05) is 0 Å². The van der Waals surface area contributed by atoms with Crippen LogP contribution < -0.4 is 5.73 Å². The molecule has 0 unspecified atom stereocenters. The zero-order valence-electron chi connectivity index (χ0n) is 7.38. The summed E-state index contributed by atoms with van der Waals surface area (Å²) in [6.07, 6.45) is 2.34. The van der Waals surface area contributed by atoms with Crippen molar-refractivity contribution >= 4 is 28.7 Å². The van der Waals surface area contributed by atoms with Gasteiger partial charge in [0.1, 0.15) is 0 Å². The number of nitrogens with zero attached hydrogens (tertiary/aromatic N) is 1. The van der Waals surface area contributed by atoms with Crippen LogP contribution in [0, 0.1) is 10.1 Å². The minimum atomic E-state index is -0.408. The highest BCUT2D eigenvalue weighted by atomic mass is 35.5. The molecule has 0 aliphatic heterocycles. The molecule has 1 rings (SSSR count). The van der Waals surface area contributed by atoms with Crippen LogP contribution in [-0.4, -0.2) is 4.92 Å². The van der Waals surface area contributed by atoms with Crippen molar-refractivity contribution in [3.05, 3.63) is 39.8 Å². The van der Waals surface area contributed by atoms with Crippen LogP contribution in [0.4, 0.5) is 5.00 Å². The standard InChI is InChI=1S/C8H10N2O2S.ClH/c1-2-3-6(9)7-4-5-8(13-7)10(11)12;/h2,4-6H,1,3,9H2;1H/t6-;/m1./s1. The third kappa shape index (κ3) is 3.10. The lowest BCUT2D eigenvalue weighted by Crippen LogP contribution is -2.06. The van der Waals surface area contributed by atoms with E-state index in [-0.39, 0.29) is 23.4 Å². The van der Waals surface area contributed by atoms with E-state index >= 15 is 0 Å². The van der Waals surface area contributed by atoms with Gasteiger partial charge < -0.3 is 5.73 Å². The maximum Gasteiger partial charge on any atom is 0.324 e. The van der Waals surface area contributed by atoms with Gasteiger partial charge in [0.25, 0.3) is 0 Å². The highest BCUT2D eigenvalue weighted by molar-refractivity contribution is 7.15. The van der Waals surface area contributed by atoms with E-state index < -0.39 is 4.92 Å². The second-order valence-electron chi connectivity index (χ2n) is 2.56.